The van der Waals surface area contributed by atoms with Crippen LogP contribution in [-0.4, -0.2) is 32.2 Å². The third kappa shape index (κ3) is 6.28. The first-order valence-electron chi connectivity index (χ1n) is 10.4. The van der Waals surface area contributed by atoms with Gasteiger partial charge in [-0.15, -0.1) is 43.1 Å². The third-order valence-corrected chi connectivity index (χ3v) is 8.67. The Hall–Kier alpha value is -2.54. The average Bonchev–Trinajstić information content (AvgIpc) is 3.35. The van der Waals surface area contributed by atoms with E-state index in [0.717, 1.165) is 39.0 Å². The van der Waals surface area contributed by atoms with E-state index in [0.29, 0.717) is 34.9 Å². The Morgan fingerprint density at radius 3 is 1.70 bits per heavy atom. The summed E-state index contributed by atoms with van der Waals surface area (Å²) in [7, 11) is 0. The minimum absolute atomic E-state index is 0.0704. The van der Waals surface area contributed by atoms with E-state index >= 15 is 0 Å². The number of carbonyl (C=O) groups is 2. The predicted molar refractivity (Wildman–Crippen MR) is 132 cm³/mol. The van der Waals surface area contributed by atoms with E-state index in [1.807, 2.05) is 35.0 Å². The maximum atomic E-state index is 12.1. The first-order chi connectivity index (χ1) is 16.1. The second-order valence-corrected chi connectivity index (χ2v) is 12.0. The van der Waals surface area contributed by atoms with E-state index in [1.54, 1.807) is 22.7 Å². The minimum atomic E-state index is -0.0704. The zero-order valence-electron chi connectivity index (χ0n) is 17.4. The summed E-state index contributed by atoms with van der Waals surface area (Å²) in [5.41, 5.74) is 0. The summed E-state index contributed by atoms with van der Waals surface area (Å²) >= 11 is 6.01. The summed E-state index contributed by atoms with van der Waals surface area (Å²) in [5.74, 6) is 0.930. The topological polar surface area (TPSA) is 110 Å². The maximum absolute atomic E-state index is 12.1. The van der Waals surface area contributed by atoms with E-state index < -0.39 is 0 Å². The number of hydrogen-bond acceptors (Lipinski definition) is 10. The van der Waals surface area contributed by atoms with Crippen LogP contribution in [0.2, 0.25) is 0 Å². The summed E-state index contributed by atoms with van der Waals surface area (Å²) in [6.45, 7) is 0. The van der Waals surface area contributed by atoms with Crippen LogP contribution in [0.1, 0.15) is 26.2 Å². The molecule has 4 aromatic heterocycles. The number of aromatic nitrogens is 4. The van der Waals surface area contributed by atoms with Gasteiger partial charge < -0.3 is 10.6 Å². The highest BCUT2D eigenvalue weighted by Gasteiger charge is 2.38. The average molecular weight is 517 g/mol. The molecule has 2 atom stereocenters. The molecule has 0 bridgehead atoms. The van der Waals surface area contributed by atoms with Gasteiger partial charge in [0.2, 0.25) is 22.1 Å². The highest BCUT2D eigenvalue weighted by atomic mass is 32.1. The lowest BCUT2D eigenvalue weighted by molar-refractivity contribution is -0.116. The fourth-order valence-electron chi connectivity index (χ4n) is 3.50. The Labute approximate surface area is 206 Å². The van der Waals surface area contributed by atoms with Crippen molar-refractivity contribution in [3.8, 4) is 0 Å². The van der Waals surface area contributed by atoms with Gasteiger partial charge in [0.25, 0.3) is 0 Å². The Bertz CT molecular complexity index is 1120. The van der Waals surface area contributed by atoms with Crippen LogP contribution in [0.4, 0.5) is 10.3 Å². The second kappa shape index (κ2) is 10.2. The van der Waals surface area contributed by atoms with Crippen LogP contribution in [0, 0.1) is 11.8 Å². The Morgan fingerprint density at radius 2 is 1.27 bits per heavy atom. The van der Waals surface area contributed by atoms with Crippen molar-refractivity contribution in [2.45, 2.75) is 32.1 Å². The SMILES string of the molecule is O=C(Cc1cccs1)Nc1nnc(CC2C[C@H]2Cc2nnc(NC(=O)Cc3cccs3)s2)s1. The van der Waals surface area contributed by atoms with Gasteiger partial charge in [0, 0.05) is 22.6 Å². The number of hydrogen-bond donors (Lipinski definition) is 2. The normalized spacial score (nSPS) is 17.1. The summed E-state index contributed by atoms with van der Waals surface area (Å²) in [6, 6.07) is 7.77. The van der Waals surface area contributed by atoms with Crippen molar-refractivity contribution in [3.63, 3.8) is 0 Å². The molecule has 1 unspecified atom stereocenters. The fraction of sp³-hybridized carbons (Fsp3) is 0.333. The molecule has 1 aliphatic rings. The molecule has 1 aliphatic carbocycles. The molecule has 33 heavy (non-hydrogen) atoms. The van der Waals surface area contributed by atoms with Crippen LogP contribution >= 0.6 is 45.3 Å². The lowest BCUT2D eigenvalue weighted by Crippen LogP contribution is -2.13. The van der Waals surface area contributed by atoms with E-state index in [4.69, 9.17) is 0 Å². The van der Waals surface area contributed by atoms with Crippen LogP contribution in [0.3, 0.4) is 0 Å². The number of rotatable bonds is 10. The third-order valence-electron chi connectivity index (χ3n) is 5.20. The van der Waals surface area contributed by atoms with E-state index in [9.17, 15) is 9.59 Å². The van der Waals surface area contributed by atoms with Gasteiger partial charge in [-0.3, -0.25) is 9.59 Å². The second-order valence-electron chi connectivity index (χ2n) is 7.77. The molecule has 0 radical (unpaired) electrons. The summed E-state index contributed by atoms with van der Waals surface area (Å²) in [5, 5.41) is 29.3. The van der Waals surface area contributed by atoms with Crippen LogP contribution in [-0.2, 0) is 35.3 Å². The number of nitrogens with zero attached hydrogens (tertiary/aromatic N) is 4. The zero-order valence-corrected chi connectivity index (χ0v) is 20.7. The molecule has 0 spiro atoms. The number of amides is 2. The first-order valence-corrected chi connectivity index (χ1v) is 13.8. The number of nitrogens with one attached hydrogen (secondary N) is 2. The van der Waals surface area contributed by atoms with Gasteiger partial charge in [-0.2, -0.15) is 0 Å². The smallest absolute Gasteiger partial charge is 0.231 e. The predicted octanol–water partition coefficient (Wildman–Crippen LogP) is 4.30. The van der Waals surface area contributed by atoms with Crippen molar-refractivity contribution in [2.24, 2.45) is 11.8 Å². The molecular weight excluding hydrogens is 497 g/mol. The molecule has 4 heterocycles. The molecule has 12 heteroatoms. The van der Waals surface area contributed by atoms with Crippen LogP contribution < -0.4 is 10.6 Å². The molecule has 5 rings (SSSR count). The summed E-state index contributed by atoms with van der Waals surface area (Å²) < 4.78 is 0. The van der Waals surface area contributed by atoms with Crippen molar-refractivity contribution >= 4 is 67.4 Å². The number of anilines is 2. The highest BCUT2D eigenvalue weighted by Crippen LogP contribution is 2.44. The number of thiophene rings is 2. The van der Waals surface area contributed by atoms with Gasteiger partial charge in [-0.25, -0.2) is 0 Å². The highest BCUT2D eigenvalue weighted by molar-refractivity contribution is 7.15. The van der Waals surface area contributed by atoms with Gasteiger partial charge in [-0.1, -0.05) is 34.8 Å². The lowest BCUT2D eigenvalue weighted by atomic mass is 10.2. The van der Waals surface area contributed by atoms with Crippen molar-refractivity contribution in [2.75, 3.05) is 10.6 Å². The molecule has 170 valence electrons. The largest absolute Gasteiger partial charge is 0.300 e. The molecule has 0 aliphatic heterocycles. The van der Waals surface area contributed by atoms with Gasteiger partial charge in [0.05, 0.1) is 12.8 Å². The monoisotopic (exact) mass is 516 g/mol. The van der Waals surface area contributed by atoms with Crippen molar-refractivity contribution in [1.29, 1.82) is 0 Å². The molecule has 0 saturated heterocycles. The van der Waals surface area contributed by atoms with Crippen molar-refractivity contribution in [3.05, 3.63) is 54.8 Å². The molecule has 4 aromatic rings. The van der Waals surface area contributed by atoms with E-state index in [-0.39, 0.29) is 11.8 Å². The molecule has 0 aromatic carbocycles. The van der Waals surface area contributed by atoms with Crippen molar-refractivity contribution < 1.29 is 9.59 Å². The van der Waals surface area contributed by atoms with Crippen LogP contribution in [0.25, 0.3) is 0 Å². The van der Waals surface area contributed by atoms with Gasteiger partial charge >= 0.3 is 0 Å². The Balaban J connectivity index is 1.05. The van der Waals surface area contributed by atoms with Crippen molar-refractivity contribution in [1.82, 2.24) is 20.4 Å². The number of carbonyl (C=O) groups excluding carboxylic acids is 2. The summed E-state index contributed by atoms with van der Waals surface area (Å²) in [4.78, 5) is 26.3. The summed E-state index contributed by atoms with van der Waals surface area (Å²) in [6.07, 6.45) is 3.53. The Morgan fingerprint density at radius 1 is 0.788 bits per heavy atom. The molecule has 1 saturated carbocycles. The minimum Gasteiger partial charge on any atom is -0.300 e. The molecular formula is C21H20N6O2S4. The van der Waals surface area contributed by atoms with E-state index in [1.165, 1.54) is 22.7 Å². The maximum Gasteiger partial charge on any atom is 0.231 e. The quantitative estimate of drug-likeness (QED) is 0.325. The zero-order chi connectivity index (χ0) is 22.6. The molecule has 1 fully saturated rings. The standard InChI is InChI=1S/C21H20N6O2S4/c28-16(10-14-3-1-5-30-14)22-20-26-24-18(32-20)8-12-7-13(12)9-19-25-27-21(33-19)23-17(29)11-15-4-2-6-31-15/h1-6,12-13H,7-11H2,(H,22,26,28)(H,23,27,29)/t12-,13?/m0/s1. The molecule has 2 N–H and O–H groups in total. The Kier molecular flexibility index (Phi) is 6.85. The van der Waals surface area contributed by atoms with Crippen LogP contribution in [0.5, 0.6) is 0 Å². The van der Waals surface area contributed by atoms with Gasteiger partial charge in [0.1, 0.15) is 10.0 Å². The van der Waals surface area contributed by atoms with Crippen LogP contribution in [0.15, 0.2) is 35.0 Å². The fourth-order valence-corrected chi connectivity index (χ4v) is 6.61. The van der Waals surface area contributed by atoms with Gasteiger partial charge in [0.15, 0.2) is 0 Å². The lowest BCUT2D eigenvalue weighted by Gasteiger charge is -1.98. The first kappa shape index (κ1) is 22.3. The molecule has 2 amide bonds. The molecule has 8 nitrogen and oxygen atoms in total. The van der Waals surface area contributed by atoms with E-state index in [2.05, 4.69) is 31.0 Å². The van der Waals surface area contributed by atoms with Gasteiger partial charge in [-0.05, 0) is 41.1 Å².